The summed E-state index contributed by atoms with van der Waals surface area (Å²) in [4.78, 5) is 18.0. The Balaban J connectivity index is 1.61. The maximum atomic E-state index is 11.9. The van der Waals surface area contributed by atoms with Crippen LogP contribution in [0.4, 0.5) is 0 Å². The Morgan fingerprint density at radius 2 is 2.35 bits per heavy atom. The second-order valence-corrected chi connectivity index (χ2v) is 5.96. The number of aromatic nitrogens is 1. The molecule has 3 rings (SSSR count). The lowest BCUT2D eigenvalue weighted by Gasteiger charge is -2.21. The van der Waals surface area contributed by atoms with Crippen LogP contribution >= 0.6 is 11.6 Å². The monoisotopic (exact) mass is 294 g/mol. The number of likely N-dealkylation sites (tertiary alicyclic amines) is 1. The fourth-order valence-electron chi connectivity index (χ4n) is 3.40. The summed E-state index contributed by atoms with van der Waals surface area (Å²) < 4.78 is 6.05. The van der Waals surface area contributed by atoms with Gasteiger partial charge in [-0.1, -0.05) is 0 Å². The van der Waals surface area contributed by atoms with Gasteiger partial charge in [0.25, 0.3) is 0 Å². The van der Waals surface area contributed by atoms with E-state index in [1.807, 2.05) is 17.0 Å². The third kappa shape index (κ3) is 2.75. The van der Waals surface area contributed by atoms with Crippen molar-refractivity contribution in [2.45, 2.75) is 25.4 Å². The van der Waals surface area contributed by atoms with E-state index in [0.717, 1.165) is 31.7 Å². The highest BCUT2D eigenvalue weighted by Crippen LogP contribution is 2.40. The van der Waals surface area contributed by atoms with Crippen molar-refractivity contribution in [1.29, 1.82) is 0 Å². The smallest absolute Gasteiger partial charge is 0.223 e. The average molecular weight is 295 g/mol. The topological polar surface area (TPSA) is 42.4 Å². The zero-order valence-corrected chi connectivity index (χ0v) is 12.1. The van der Waals surface area contributed by atoms with E-state index in [2.05, 4.69) is 4.98 Å². The number of rotatable bonds is 4. The molecule has 1 amide bonds. The van der Waals surface area contributed by atoms with E-state index in [9.17, 15) is 4.79 Å². The van der Waals surface area contributed by atoms with Crippen LogP contribution in [-0.4, -0.2) is 40.9 Å². The van der Waals surface area contributed by atoms with Gasteiger partial charge in [0.1, 0.15) is 11.9 Å². The maximum absolute atomic E-state index is 11.9. The van der Waals surface area contributed by atoms with Gasteiger partial charge in [-0.2, -0.15) is 0 Å². The SMILES string of the molecule is O=C(CCCl)N1C[C@H]2CC[C@@H](Oc3cccnc3)[C@H]2C1. The van der Waals surface area contributed by atoms with Crippen LogP contribution in [0, 0.1) is 11.8 Å². The molecule has 0 spiro atoms. The Morgan fingerprint density at radius 3 is 3.10 bits per heavy atom. The first-order valence-electron chi connectivity index (χ1n) is 7.18. The highest BCUT2D eigenvalue weighted by atomic mass is 35.5. The van der Waals surface area contributed by atoms with Gasteiger partial charge in [0.05, 0.1) is 6.20 Å². The molecule has 4 nitrogen and oxygen atoms in total. The third-order valence-electron chi connectivity index (χ3n) is 4.37. The van der Waals surface area contributed by atoms with Gasteiger partial charge in [-0.15, -0.1) is 11.6 Å². The Labute approximate surface area is 124 Å². The molecule has 0 radical (unpaired) electrons. The molecular formula is C15H19ClN2O2. The number of ether oxygens (including phenoxy) is 1. The normalized spacial score (nSPS) is 28.4. The molecule has 0 bridgehead atoms. The molecule has 3 atom stereocenters. The van der Waals surface area contributed by atoms with Gasteiger partial charge in [-0.3, -0.25) is 9.78 Å². The van der Waals surface area contributed by atoms with Crippen LogP contribution < -0.4 is 4.74 Å². The number of nitrogens with zero attached hydrogens (tertiary/aromatic N) is 2. The zero-order chi connectivity index (χ0) is 13.9. The summed E-state index contributed by atoms with van der Waals surface area (Å²) in [7, 11) is 0. The van der Waals surface area contributed by atoms with Gasteiger partial charge >= 0.3 is 0 Å². The van der Waals surface area contributed by atoms with Crippen LogP contribution in [-0.2, 0) is 4.79 Å². The Kier molecular flexibility index (Phi) is 4.10. The van der Waals surface area contributed by atoms with Crippen LogP contribution in [0.15, 0.2) is 24.5 Å². The summed E-state index contributed by atoms with van der Waals surface area (Å²) in [6, 6.07) is 3.82. The van der Waals surface area contributed by atoms with E-state index in [-0.39, 0.29) is 12.0 Å². The lowest BCUT2D eigenvalue weighted by molar-refractivity contribution is -0.130. The average Bonchev–Trinajstić information content (AvgIpc) is 3.02. The number of hydrogen-bond donors (Lipinski definition) is 0. The number of amides is 1. The summed E-state index contributed by atoms with van der Waals surface area (Å²) in [5.74, 6) is 2.43. The zero-order valence-electron chi connectivity index (χ0n) is 11.4. The maximum Gasteiger partial charge on any atom is 0.223 e. The van der Waals surface area contributed by atoms with Gasteiger partial charge in [0.15, 0.2) is 0 Å². The molecule has 1 aliphatic heterocycles. The molecule has 1 saturated carbocycles. The lowest BCUT2D eigenvalue weighted by Crippen LogP contribution is -2.32. The van der Waals surface area contributed by atoms with Crippen molar-refractivity contribution in [2.24, 2.45) is 11.8 Å². The van der Waals surface area contributed by atoms with E-state index >= 15 is 0 Å². The first-order valence-corrected chi connectivity index (χ1v) is 7.72. The molecule has 20 heavy (non-hydrogen) atoms. The third-order valence-corrected chi connectivity index (χ3v) is 4.56. The minimum absolute atomic E-state index is 0.175. The highest BCUT2D eigenvalue weighted by Gasteiger charge is 2.45. The van der Waals surface area contributed by atoms with E-state index < -0.39 is 0 Å². The molecule has 1 aliphatic carbocycles. The molecule has 0 N–H and O–H groups in total. The second kappa shape index (κ2) is 6.00. The minimum Gasteiger partial charge on any atom is -0.488 e. The first-order chi connectivity index (χ1) is 9.78. The molecule has 2 heterocycles. The Bertz CT molecular complexity index is 468. The highest BCUT2D eigenvalue weighted by molar-refractivity contribution is 6.18. The number of halogens is 1. The standard InChI is InChI=1S/C15H19ClN2O2/c16-6-5-15(19)18-9-11-3-4-14(13(11)10-18)20-12-2-1-7-17-8-12/h1-2,7-8,11,13-14H,3-6,9-10H2/t11-,13+,14-/m1/s1. The fraction of sp³-hybridized carbons (Fsp3) is 0.600. The molecule has 1 aromatic rings. The van der Waals surface area contributed by atoms with Gasteiger partial charge < -0.3 is 9.64 Å². The molecule has 1 saturated heterocycles. The summed E-state index contributed by atoms with van der Waals surface area (Å²) in [5.41, 5.74) is 0. The number of hydrogen-bond acceptors (Lipinski definition) is 3. The predicted octanol–water partition coefficient (Wildman–Crippen LogP) is 2.33. The summed E-state index contributed by atoms with van der Waals surface area (Å²) in [6.07, 6.45) is 6.35. The summed E-state index contributed by atoms with van der Waals surface area (Å²) >= 11 is 5.65. The quantitative estimate of drug-likeness (QED) is 0.801. The van der Waals surface area contributed by atoms with Crippen molar-refractivity contribution in [3.05, 3.63) is 24.5 Å². The molecule has 108 valence electrons. The summed E-state index contributed by atoms with van der Waals surface area (Å²) in [6.45, 7) is 1.68. The van der Waals surface area contributed by atoms with Crippen LogP contribution in [0.1, 0.15) is 19.3 Å². The number of carbonyl (C=O) groups is 1. The molecule has 1 aromatic heterocycles. The second-order valence-electron chi connectivity index (χ2n) is 5.58. The van der Waals surface area contributed by atoms with Gasteiger partial charge in [0, 0.05) is 37.5 Å². The van der Waals surface area contributed by atoms with Crippen molar-refractivity contribution in [2.75, 3.05) is 19.0 Å². The Morgan fingerprint density at radius 1 is 1.45 bits per heavy atom. The predicted molar refractivity (Wildman–Crippen MR) is 76.8 cm³/mol. The van der Waals surface area contributed by atoms with Gasteiger partial charge in [0.2, 0.25) is 5.91 Å². The fourth-order valence-corrected chi connectivity index (χ4v) is 3.56. The van der Waals surface area contributed by atoms with Crippen molar-refractivity contribution >= 4 is 17.5 Å². The van der Waals surface area contributed by atoms with Gasteiger partial charge in [-0.05, 0) is 30.9 Å². The largest absolute Gasteiger partial charge is 0.488 e. The molecule has 2 aliphatic rings. The van der Waals surface area contributed by atoms with Crippen molar-refractivity contribution < 1.29 is 9.53 Å². The summed E-state index contributed by atoms with van der Waals surface area (Å²) in [5, 5.41) is 0. The van der Waals surface area contributed by atoms with Crippen molar-refractivity contribution in [3.63, 3.8) is 0 Å². The number of fused-ring (bicyclic) bond motifs is 1. The number of pyridine rings is 1. The molecular weight excluding hydrogens is 276 g/mol. The van der Waals surface area contributed by atoms with Gasteiger partial charge in [-0.25, -0.2) is 0 Å². The number of carbonyl (C=O) groups excluding carboxylic acids is 1. The lowest BCUT2D eigenvalue weighted by atomic mass is 9.99. The first kappa shape index (κ1) is 13.7. The van der Waals surface area contributed by atoms with Crippen LogP contribution in [0.3, 0.4) is 0 Å². The Hall–Kier alpha value is -1.29. The molecule has 2 fully saturated rings. The van der Waals surface area contributed by atoms with E-state index in [1.165, 1.54) is 0 Å². The van der Waals surface area contributed by atoms with Crippen molar-refractivity contribution in [1.82, 2.24) is 9.88 Å². The van der Waals surface area contributed by atoms with Crippen LogP contribution in [0.25, 0.3) is 0 Å². The number of alkyl halides is 1. The van der Waals surface area contributed by atoms with Crippen LogP contribution in [0.2, 0.25) is 0 Å². The minimum atomic E-state index is 0.175. The molecule has 0 aromatic carbocycles. The van der Waals surface area contributed by atoms with E-state index in [0.29, 0.717) is 24.1 Å². The van der Waals surface area contributed by atoms with E-state index in [4.69, 9.17) is 16.3 Å². The van der Waals surface area contributed by atoms with E-state index in [1.54, 1.807) is 12.4 Å². The molecule has 0 unspecified atom stereocenters. The van der Waals surface area contributed by atoms with Crippen LogP contribution in [0.5, 0.6) is 5.75 Å². The van der Waals surface area contributed by atoms with Crippen molar-refractivity contribution in [3.8, 4) is 5.75 Å². The molecule has 5 heteroatoms.